The first kappa shape index (κ1) is 12.3. The number of hydrogen-bond acceptors (Lipinski definition) is 5. The quantitative estimate of drug-likeness (QED) is 0.559. The van der Waals surface area contributed by atoms with E-state index in [0.717, 1.165) is 4.68 Å². The number of fused-ring (bicyclic) bond motifs is 1. The summed E-state index contributed by atoms with van der Waals surface area (Å²) >= 11 is 0. The lowest BCUT2D eigenvalue weighted by Crippen LogP contribution is -2.45. The van der Waals surface area contributed by atoms with E-state index in [9.17, 15) is 14.4 Å². The lowest BCUT2D eigenvalue weighted by Gasteiger charge is -2.21. The van der Waals surface area contributed by atoms with Crippen LogP contribution in [0.5, 0.6) is 0 Å². The van der Waals surface area contributed by atoms with Gasteiger partial charge >= 0.3 is 0 Å². The molecular formula is C13H12N4O3. The van der Waals surface area contributed by atoms with Crippen molar-refractivity contribution >= 4 is 28.3 Å². The first-order valence-electron chi connectivity index (χ1n) is 6.17. The highest BCUT2D eigenvalue weighted by Crippen LogP contribution is 2.19. The van der Waals surface area contributed by atoms with E-state index in [2.05, 4.69) is 10.4 Å². The number of piperidine rings is 1. The molecule has 7 nitrogen and oxygen atoms in total. The normalized spacial score (nSPS) is 19.1. The number of imide groups is 1. The SMILES string of the molecule is Nc1cccc2c(=O)n(C3CCC(=O)NC3=O)ncc12. The Kier molecular flexibility index (Phi) is 2.74. The summed E-state index contributed by atoms with van der Waals surface area (Å²) in [5.74, 6) is -0.830. The molecule has 7 heteroatoms. The van der Waals surface area contributed by atoms with Crippen LogP contribution < -0.4 is 16.6 Å². The van der Waals surface area contributed by atoms with Gasteiger partial charge in [-0.15, -0.1) is 0 Å². The van der Waals surface area contributed by atoms with Crippen molar-refractivity contribution in [2.24, 2.45) is 0 Å². The average Bonchev–Trinajstić information content (AvgIpc) is 2.41. The van der Waals surface area contributed by atoms with Crippen LogP contribution in [0.2, 0.25) is 0 Å². The van der Waals surface area contributed by atoms with Crippen LogP contribution in [0, 0.1) is 0 Å². The maximum atomic E-state index is 12.4. The first-order chi connectivity index (χ1) is 9.58. The maximum absolute atomic E-state index is 12.4. The molecule has 0 bridgehead atoms. The second kappa shape index (κ2) is 4.44. The zero-order chi connectivity index (χ0) is 14.3. The fraction of sp³-hybridized carbons (Fsp3) is 0.231. The summed E-state index contributed by atoms with van der Waals surface area (Å²) in [6.07, 6.45) is 1.93. The fourth-order valence-electron chi connectivity index (χ4n) is 2.35. The number of amides is 2. The molecular weight excluding hydrogens is 260 g/mol. The Morgan fingerprint density at radius 3 is 2.80 bits per heavy atom. The molecule has 0 spiro atoms. The molecule has 1 saturated heterocycles. The number of rotatable bonds is 1. The van der Waals surface area contributed by atoms with Crippen LogP contribution in [0.3, 0.4) is 0 Å². The van der Waals surface area contributed by atoms with Crippen molar-refractivity contribution in [2.45, 2.75) is 18.9 Å². The molecule has 1 aromatic carbocycles. The number of aromatic nitrogens is 2. The van der Waals surface area contributed by atoms with Crippen molar-refractivity contribution in [3.8, 4) is 0 Å². The highest BCUT2D eigenvalue weighted by Gasteiger charge is 2.29. The number of carbonyl (C=O) groups excluding carboxylic acids is 2. The summed E-state index contributed by atoms with van der Waals surface area (Å²) in [4.78, 5) is 35.3. The van der Waals surface area contributed by atoms with E-state index in [-0.39, 0.29) is 24.3 Å². The van der Waals surface area contributed by atoms with Gasteiger partial charge in [-0.3, -0.25) is 19.7 Å². The molecule has 0 saturated carbocycles. The van der Waals surface area contributed by atoms with E-state index in [1.807, 2.05) is 0 Å². The third-order valence-corrected chi connectivity index (χ3v) is 3.39. The Labute approximate surface area is 113 Å². The minimum atomic E-state index is -0.758. The lowest BCUT2D eigenvalue weighted by atomic mass is 10.1. The highest BCUT2D eigenvalue weighted by molar-refractivity contribution is 5.99. The summed E-state index contributed by atoms with van der Waals surface area (Å²) in [6, 6.07) is 4.23. The number of hydrogen-bond donors (Lipinski definition) is 2. The molecule has 102 valence electrons. The molecule has 1 aromatic heterocycles. The number of nitrogens with zero attached hydrogens (tertiary/aromatic N) is 2. The maximum Gasteiger partial charge on any atom is 0.275 e. The third kappa shape index (κ3) is 1.83. The van der Waals surface area contributed by atoms with E-state index < -0.39 is 11.9 Å². The van der Waals surface area contributed by atoms with Crippen molar-refractivity contribution in [3.05, 3.63) is 34.7 Å². The van der Waals surface area contributed by atoms with Gasteiger partial charge in [-0.2, -0.15) is 5.10 Å². The standard InChI is InChI=1S/C13H12N4O3/c14-9-3-1-2-7-8(9)6-15-17(13(7)20)10-4-5-11(18)16-12(10)19/h1-3,6,10H,4-5,14H2,(H,16,18,19). The molecule has 2 amide bonds. The van der Waals surface area contributed by atoms with E-state index >= 15 is 0 Å². The van der Waals surface area contributed by atoms with Gasteiger partial charge in [-0.25, -0.2) is 4.68 Å². The van der Waals surface area contributed by atoms with Crippen LogP contribution >= 0.6 is 0 Å². The highest BCUT2D eigenvalue weighted by atomic mass is 16.2. The van der Waals surface area contributed by atoms with Crippen molar-refractivity contribution in [3.63, 3.8) is 0 Å². The lowest BCUT2D eigenvalue weighted by molar-refractivity contribution is -0.136. The minimum absolute atomic E-state index is 0.194. The van der Waals surface area contributed by atoms with Crippen LogP contribution in [0.25, 0.3) is 10.8 Å². The number of anilines is 1. The number of nitrogens with one attached hydrogen (secondary N) is 1. The number of nitrogen functional groups attached to an aromatic ring is 1. The summed E-state index contributed by atoms with van der Waals surface area (Å²) in [5, 5.41) is 7.19. The zero-order valence-corrected chi connectivity index (χ0v) is 10.5. The van der Waals surface area contributed by atoms with Crippen LogP contribution in [0.1, 0.15) is 18.9 Å². The zero-order valence-electron chi connectivity index (χ0n) is 10.5. The van der Waals surface area contributed by atoms with Crippen molar-refractivity contribution in [2.75, 3.05) is 5.73 Å². The fourth-order valence-corrected chi connectivity index (χ4v) is 2.35. The Morgan fingerprint density at radius 2 is 2.05 bits per heavy atom. The van der Waals surface area contributed by atoms with Gasteiger partial charge in [-0.05, 0) is 18.6 Å². The third-order valence-electron chi connectivity index (χ3n) is 3.39. The molecule has 20 heavy (non-hydrogen) atoms. The Bertz CT molecular complexity index is 781. The smallest absolute Gasteiger partial charge is 0.275 e. The molecule has 2 heterocycles. The second-order valence-corrected chi connectivity index (χ2v) is 4.67. The molecule has 1 aliphatic rings. The molecule has 2 aromatic rings. The van der Waals surface area contributed by atoms with Gasteiger partial charge < -0.3 is 5.73 Å². The second-order valence-electron chi connectivity index (χ2n) is 4.67. The van der Waals surface area contributed by atoms with Gasteiger partial charge in [-0.1, -0.05) is 6.07 Å². The molecule has 1 unspecified atom stereocenters. The van der Waals surface area contributed by atoms with Crippen molar-refractivity contribution < 1.29 is 9.59 Å². The van der Waals surface area contributed by atoms with Crippen LogP contribution in [0.15, 0.2) is 29.2 Å². The number of nitrogens with two attached hydrogens (primary N) is 1. The Hall–Kier alpha value is -2.70. The number of carbonyl (C=O) groups is 2. The monoisotopic (exact) mass is 272 g/mol. The van der Waals surface area contributed by atoms with Crippen LogP contribution in [-0.4, -0.2) is 21.6 Å². The van der Waals surface area contributed by atoms with Gasteiger partial charge in [0.15, 0.2) is 0 Å². The van der Waals surface area contributed by atoms with E-state index in [4.69, 9.17) is 5.73 Å². The summed E-state index contributed by atoms with van der Waals surface area (Å²) in [5.41, 5.74) is 5.86. The summed E-state index contributed by atoms with van der Waals surface area (Å²) < 4.78 is 1.11. The largest absolute Gasteiger partial charge is 0.398 e. The topological polar surface area (TPSA) is 107 Å². The average molecular weight is 272 g/mol. The van der Waals surface area contributed by atoms with Crippen molar-refractivity contribution in [1.82, 2.24) is 15.1 Å². The Morgan fingerprint density at radius 1 is 1.25 bits per heavy atom. The molecule has 3 N–H and O–H groups in total. The first-order valence-corrected chi connectivity index (χ1v) is 6.17. The molecule has 3 rings (SSSR count). The molecule has 0 radical (unpaired) electrons. The van der Waals surface area contributed by atoms with E-state index in [1.54, 1.807) is 18.2 Å². The van der Waals surface area contributed by atoms with Gasteiger partial charge in [0.05, 0.1) is 11.6 Å². The molecule has 1 aliphatic heterocycles. The summed E-state index contributed by atoms with van der Waals surface area (Å²) in [7, 11) is 0. The molecule has 0 aliphatic carbocycles. The van der Waals surface area contributed by atoms with E-state index in [0.29, 0.717) is 16.5 Å². The molecule has 1 fully saturated rings. The predicted molar refractivity (Wildman–Crippen MR) is 71.8 cm³/mol. The van der Waals surface area contributed by atoms with Crippen molar-refractivity contribution in [1.29, 1.82) is 0 Å². The Balaban J connectivity index is 2.14. The van der Waals surface area contributed by atoms with Gasteiger partial charge in [0.2, 0.25) is 5.91 Å². The summed E-state index contributed by atoms with van der Waals surface area (Å²) in [6.45, 7) is 0. The number of benzene rings is 1. The van der Waals surface area contributed by atoms with E-state index in [1.165, 1.54) is 6.20 Å². The predicted octanol–water partition coefficient (Wildman–Crippen LogP) is -0.0436. The van der Waals surface area contributed by atoms with Gasteiger partial charge in [0, 0.05) is 17.5 Å². The van der Waals surface area contributed by atoms with Gasteiger partial charge in [0.25, 0.3) is 11.5 Å². The van der Waals surface area contributed by atoms with Crippen LogP contribution in [0.4, 0.5) is 5.69 Å². The minimum Gasteiger partial charge on any atom is -0.398 e. The van der Waals surface area contributed by atoms with Crippen LogP contribution in [-0.2, 0) is 9.59 Å². The van der Waals surface area contributed by atoms with Gasteiger partial charge in [0.1, 0.15) is 6.04 Å². The molecule has 1 atom stereocenters.